The summed E-state index contributed by atoms with van der Waals surface area (Å²) in [4.78, 5) is 16.3. The van der Waals surface area contributed by atoms with Crippen LogP contribution >= 0.6 is 0 Å². The number of nitrogens with two attached hydrogens (primary N) is 1. The second-order valence-electron chi connectivity index (χ2n) is 5.12. The molecular formula is C14H29N3O3. The summed E-state index contributed by atoms with van der Waals surface area (Å²) in [7, 11) is 1.62. The van der Waals surface area contributed by atoms with E-state index in [1.165, 1.54) is 0 Å². The van der Waals surface area contributed by atoms with Crippen LogP contribution in [0.1, 0.15) is 19.3 Å². The van der Waals surface area contributed by atoms with Crippen LogP contribution in [0, 0.1) is 0 Å². The Morgan fingerprint density at radius 1 is 1.15 bits per heavy atom. The van der Waals surface area contributed by atoms with Crippen molar-refractivity contribution in [3.05, 3.63) is 0 Å². The van der Waals surface area contributed by atoms with Crippen LogP contribution in [-0.4, -0.2) is 81.9 Å². The Balaban J connectivity index is 2.19. The first-order chi connectivity index (χ1) is 9.77. The fourth-order valence-corrected chi connectivity index (χ4v) is 2.32. The van der Waals surface area contributed by atoms with Gasteiger partial charge in [0.05, 0.1) is 13.2 Å². The zero-order valence-electron chi connectivity index (χ0n) is 12.7. The quantitative estimate of drug-likeness (QED) is 0.601. The third kappa shape index (κ3) is 7.19. The molecule has 0 unspecified atom stereocenters. The number of hydrogen-bond donors (Lipinski definition) is 1. The summed E-state index contributed by atoms with van der Waals surface area (Å²) < 4.78 is 10.2. The van der Waals surface area contributed by atoms with E-state index >= 15 is 0 Å². The van der Waals surface area contributed by atoms with Crippen molar-refractivity contribution in [3.63, 3.8) is 0 Å². The van der Waals surface area contributed by atoms with E-state index in [0.29, 0.717) is 13.2 Å². The lowest BCUT2D eigenvalue weighted by Gasteiger charge is -2.22. The molecule has 1 heterocycles. The predicted molar refractivity (Wildman–Crippen MR) is 78.6 cm³/mol. The van der Waals surface area contributed by atoms with E-state index in [-0.39, 0.29) is 12.5 Å². The molecule has 0 aromatic rings. The number of amides is 1. The fourth-order valence-electron chi connectivity index (χ4n) is 2.32. The molecule has 1 aliphatic heterocycles. The van der Waals surface area contributed by atoms with Crippen LogP contribution < -0.4 is 5.73 Å². The van der Waals surface area contributed by atoms with Crippen LogP contribution in [0.2, 0.25) is 0 Å². The van der Waals surface area contributed by atoms with E-state index in [1.54, 1.807) is 7.11 Å². The molecule has 0 aliphatic carbocycles. The summed E-state index contributed by atoms with van der Waals surface area (Å²) in [5.74, 6) is 0.0879. The van der Waals surface area contributed by atoms with Gasteiger partial charge >= 0.3 is 0 Å². The Bertz CT molecular complexity index is 264. The Labute approximate surface area is 122 Å². The van der Waals surface area contributed by atoms with Crippen LogP contribution in [0.5, 0.6) is 0 Å². The topological polar surface area (TPSA) is 68.0 Å². The van der Waals surface area contributed by atoms with Crippen molar-refractivity contribution in [2.45, 2.75) is 19.3 Å². The molecule has 2 N–H and O–H groups in total. The van der Waals surface area contributed by atoms with Gasteiger partial charge in [-0.1, -0.05) is 0 Å². The lowest BCUT2D eigenvalue weighted by molar-refractivity contribution is -0.136. The molecule has 6 heteroatoms. The minimum Gasteiger partial charge on any atom is -0.382 e. The number of nitrogens with zero attached hydrogens (tertiary/aromatic N) is 2. The summed E-state index contributed by atoms with van der Waals surface area (Å²) in [5, 5.41) is 0. The molecule has 118 valence electrons. The van der Waals surface area contributed by atoms with Crippen LogP contribution in [0.4, 0.5) is 0 Å². The van der Waals surface area contributed by atoms with Crippen molar-refractivity contribution >= 4 is 5.91 Å². The average Bonchev–Trinajstić information content (AvgIpc) is 2.69. The van der Waals surface area contributed by atoms with Crippen LogP contribution in [-0.2, 0) is 14.3 Å². The van der Waals surface area contributed by atoms with Gasteiger partial charge in [-0.05, 0) is 38.9 Å². The van der Waals surface area contributed by atoms with Crippen molar-refractivity contribution in [3.8, 4) is 0 Å². The van der Waals surface area contributed by atoms with Gasteiger partial charge in [0.1, 0.15) is 6.61 Å². The van der Waals surface area contributed by atoms with Crippen molar-refractivity contribution in [1.82, 2.24) is 9.80 Å². The second-order valence-corrected chi connectivity index (χ2v) is 5.12. The van der Waals surface area contributed by atoms with Crippen molar-refractivity contribution in [2.24, 2.45) is 5.73 Å². The molecule has 0 spiro atoms. The minimum atomic E-state index is 0.0879. The molecule has 6 nitrogen and oxygen atoms in total. The van der Waals surface area contributed by atoms with E-state index < -0.39 is 0 Å². The molecule has 0 bridgehead atoms. The second kappa shape index (κ2) is 11.0. The Hall–Kier alpha value is -0.690. The predicted octanol–water partition coefficient (Wildman–Crippen LogP) is -0.0774. The van der Waals surface area contributed by atoms with Crippen molar-refractivity contribution in [2.75, 3.05) is 66.2 Å². The molecule has 1 rings (SSSR count). The minimum absolute atomic E-state index is 0.0879. The summed E-state index contributed by atoms with van der Waals surface area (Å²) in [6.45, 7) is 6.67. The number of hydrogen-bond acceptors (Lipinski definition) is 5. The third-order valence-corrected chi connectivity index (χ3v) is 3.53. The summed E-state index contributed by atoms with van der Waals surface area (Å²) in [6.07, 6.45) is 3.25. The van der Waals surface area contributed by atoms with Gasteiger partial charge in [0, 0.05) is 26.7 Å². The third-order valence-electron chi connectivity index (χ3n) is 3.53. The Morgan fingerprint density at radius 3 is 2.75 bits per heavy atom. The molecule has 0 atom stereocenters. The zero-order chi connectivity index (χ0) is 14.6. The Morgan fingerprint density at radius 2 is 2.00 bits per heavy atom. The number of methoxy groups -OCH3 is 1. The maximum Gasteiger partial charge on any atom is 0.248 e. The molecular weight excluding hydrogens is 258 g/mol. The SMILES string of the molecule is COCCOCC(=O)N1CCCN(CCCCN)CC1. The van der Waals surface area contributed by atoms with E-state index in [2.05, 4.69) is 4.90 Å². The van der Waals surface area contributed by atoms with Crippen molar-refractivity contribution < 1.29 is 14.3 Å². The first-order valence-corrected chi connectivity index (χ1v) is 7.54. The van der Waals surface area contributed by atoms with Crippen LogP contribution in [0.3, 0.4) is 0 Å². The summed E-state index contributed by atoms with van der Waals surface area (Å²) in [5.41, 5.74) is 5.51. The number of carbonyl (C=O) groups excluding carboxylic acids is 1. The molecule has 0 saturated carbocycles. The fraction of sp³-hybridized carbons (Fsp3) is 0.929. The smallest absolute Gasteiger partial charge is 0.248 e. The van der Waals surface area contributed by atoms with E-state index in [0.717, 1.165) is 58.5 Å². The lowest BCUT2D eigenvalue weighted by atomic mass is 10.3. The standard InChI is InChI=1S/C14H29N3O3/c1-19-11-12-20-13-14(18)17-8-4-7-16(9-10-17)6-3-2-5-15/h2-13,15H2,1H3. The van der Waals surface area contributed by atoms with Crippen LogP contribution in [0.25, 0.3) is 0 Å². The lowest BCUT2D eigenvalue weighted by Crippen LogP contribution is -2.37. The highest BCUT2D eigenvalue weighted by Gasteiger charge is 2.18. The van der Waals surface area contributed by atoms with Crippen LogP contribution in [0.15, 0.2) is 0 Å². The van der Waals surface area contributed by atoms with Gasteiger partial charge in [0.15, 0.2) is 0 Å². The number of carbonyl (C=O) groups is 1. The number of rotatable bonds is 9. The van der Waals surface area contributed by atoms with E-state index in [9.17, 15) is 4.79 Å². The molecule has 1 aliphatic rings. The summed E-state index contributed by atoms with van der Waals surface area (Å²) >= 11 is 0. The van der Waals surface area contributed by atoms with Gasteiger partial charge in [0.2, 0.25) is 5.91 Å². The van der Waals surface area contributed by atoms with Gasteiger partial charge in [-0.2, -0.15) is 0 Å². The van der Waals surface area contributed by atoms with E-state index in [4.69, 9.17) is 15.2 Å². The maximum absolute atomic E-state index is 12.0. The Kier molecular flexibility index (Phi) is 9.57. The molecule has 1 amide bonds. The average molecular weight is 287 g/mol. The molecule has 0 radical (unpaired) electrons. The molecule has 1 fully saturated rings. The monoisotopic (exact) mass is 287 g/mol. The molecule has 20 heavy (non-hydrogen) atoms. The van der Waals surface area contributed by atoms with E-state index in [1.807, 2.05) is 4.90 Å². The first-order valence-electron chi connectivity index (χ1n) is 7.54. The highest BCUT2D eigenvalue weighted by atomic mass is 16.5. The van der Waals surface area contributed by atoms with Crippen molar-refractivity contribution in [1.29, 1.82) is 0 Å². The highest BCUT2D eigenvalue weighted by molar-refractivity contribution is 5.77. The van der Waals surface area contributed by atoms with Gasteiger partial charge in [0.25, 0.3) is 0 Å². The zero-order valence-corrected chi connectivity index (χ0v) is 12.7. The largest absolute Gasteiger partial charge is 0.382 e. The van der Waals surface area contributed by atoms with Gasteiger partial charge in [-0.25, -0.2) is 0 Å². The number of unbranched alkanes of at least 4 members (excludes halogenated alkanes) is 1. The normalized spacial score (nSPS) is 17.2. The van der Waals surface area contributed by atoms with Gasteiger partial charge < -0.3 is 25.0 Å². The molecule has 0 aromatic heterocycles. The van der Waals surface area contributed by atoms with Gasteiger partial charge in [-0.3, -0.25) is 4.79 Å². The highest BCUT2D eigenvalue weighted by Crippen LogP contribution is 2.05. The molecule has 0 aromatic carbocycles. The maximum atomic E-state index is 12.0. The summed E-state index contributed by atoms with van der Waals surface area (Å²) in [6, 6.07) is 0. The van der Waals surface area contributed by atoms with Gasteiger partial charge in [-0.15, -0.1) is 0 Å². The number of ether oxygens (including phenoxy) is 2. The molecule has 1 saturated heterocycles. The first kappa shape index (κ1) is 17.4.